The van der Waals surface area contributed by atoms with Crippen LogP contribution in [-0.4, -0.2) is 22.9 Å². The van der Waals surface area contributed by atoms with Gasteiger partial charge in [0.05, 0.1) is 6.10 Å². The minimum atomic E-state index is -0.701. The Labute approximate surface area is 169 Å². The van der Waals surface area contributed by atoms with E-state index in [2.05, 4.69) is 25.8 Å². The smallest absolute Gasteiger partial charge is 0.161 e. The lowest BCUT2D eigenvalue weighted by molar-refractivity contribution is 0.0272. The van der Waals surface area contributed by atoms with Crippen LogP contribution in [0.15, 0.2) is 12.1 Å². The molecular formula is C25H34O3. The van der Waals surface area contributed by atoms with Crippen molar-refractivity contribution in [2.24, 2.45) is 23.2 Å². The number of aliphatic hydroxyl groups is 1. The Hall–Kier alpha value is -1.66. The number of fused-ring (bicyclic) bond motifs is 5. The van der Waals surface area contributed by atoms with E-state index in [1.54, 1.807) is 0 Å². The molecule has 3 heteroatoms. The van der Waals surface area contributed by atoms with Crippen LogP contribution in [0, 0.1) is 35.5 Å². The molecule has 1 unspecified atom stereocenters. The fourth-order valence-electron chi connectivity index (χ4n) is 6.86. The van der Waals surface area contributed by atoms with E-state index in [0.29, 0.717) is 17.1 Å². The van der Waals surface area contributed by atoms with E-state index in [1.807, 2.05) is 6.07 Å². The van der Waals surface area contributed by atoms with Gasteiger partial charge in [0.2, 0.25) is 0 Å². The van der Waals surface area contributed by atoms with Gasteiger partial charge in [-0.15, -0.1) is 12.3 Å². The number of phenolic OH excluding ortho intramolecular Hbond substituents is 1. The molecule has 3 aliphatic carbocycles. The first-order valence-corrected chi connectivity index (χ1v) is 11.1. The summed E-state index contributed by atoms with van der Waals surface area (Å²) in [5, 5.41) is 20.3. The molecule has 0 saturated heterocycles. The second-order valence-electron chi connectivity index (χ2n) is 9.53. The molecule has 1 aromatic rings. The Kier molecular flexibility index (Phi) is 5.36. The normalized spacial score (nSPS) is 34.6. The van der Waals surface area contributed by atoms with Crippen LogP contribution in [0.2, 0.25) is 0 Å². The van der Waals surface area contributed by atoms with E-state index in [9.17, 15) is 10.2 Å². The molecule has 1 aromatic carbocycles. The monoisotopic (exact) mass is 382 g/mol. The number of phenols is 1. The van der Waals surface area contributed by atoms with Crippen LogP contribution in [0.1, 0.15) is 75.8 Å². The molecular weight excluding hydrogens is 348 g/mol. The molecule has 6 atom stereocenters. The first-order valence-electron chi connectivity index (χ1n) is 11.1. The van der Waals surface area contributed by atoms with E-state index in [4.69, 9.17) is 11.2 Å². The minimum Gasteiger partial charge on any atom is -0.504 e. The summed E-state index contributed by atoms with van der Waals surface area (Å²) < 4.78 is 5.74. The molecule has 0 bridgehead atoms. The predicted octanol–water partition coefficient (Wildman–Crippen LogP) is 5.04. The van der Waals surface area contributed by atoms with E-state index < -0.39 is 6.10 Å². The summed E-state index contributed by atoms with van der Waals surface area (Å²) in [5.74, 6) is 6.17. The number of ether oxygens (including phenoxy) is 1. The molecule has 2 N–H and O–H groups in total. The highest BCUT2D eigenvalue weighted by atomic mass is 16.5. The van der Waals surface area contributed by atoms with Crippen LogP contribution in [0.4, 0.5) is 0 Å². The first-order chi connectivity index (χ1) is 13.5. The Morgan fingerprint density at radius 1 is 1.29 bits per heavy atom. The molecule has 28 heavy (non-hydrogen) atoms. The van der Waals surface area contributed by atoms with Gasteiger partial charge < -0.3 is 14.9 Å². The van der Waals surface area contributed by atoms with Crippen molar-refractivity contribution in [3.05, 3.63) is 23.3 Å². The van der Waals surface area contributed by atoms with Crippen LogP contribution in [0.5, 0.6) is 11.5 Å². The van der Waals surface area contributed by atoms with Gasteiger partial charge in [0.15, 0.2) is 11.5 Å². The molecule has 0 heterocycles. The van der Waals surface area contributed by atoms with Crippen LogP contribution < -0.4 is 4.74 Å². The van der Waals surface area contributed by atoms with Crippen molar-refractivity contribution >= 4 is 0 Å². The van der Waals surface area contributed by atoms with Crippen molar-refractivity contribution in [2.45, 2.75) is 77.2 Å². The number of rotatable bonds is 5. The summed E-state index contributed by atoms with van der Waals surface area (Å²) in [7, 11) is 0. The van der Waals surface area contributed by atoms with E-state index in [1.165, 1.54) is 49.7 Å². The molecule has 2 fully saturated rings. The van der Waals surface area contributed by atoms with Crippen LogP contribution in [0.3, 0.4) is 0 Å². The number of aryl methyl sites for hydroxylation is 1. The average molecular weight is 383 g/mol. The summed E-state index contributed by atoms with van der Waals surface area (Å²) in [6.45, 7) is 5.04. The molecule has 2 saturated carbocycles. The highest BCUT2D eigenvalue weighted by Crippen LogP contribution is 2.63. The lowest BCUT2D eigenvalue weighted by atomic mass is 9.54. The van der Waals surface area contributed by atoms with Crippen LogP contribution in [-0.2, 0) is 6.42 Å². The van der Waals surface area contributed by atoms with E-state index in [0.717, 1.165) is 24.2 Å². The fourth-order valence-corrected chi connectivity index (χ4v) is 6.86. The largest absolute Gasteiger partial charge is 0.504 e. The maximum atomic E-state index is 10.4. The van der Waals surface area contributed by atoms with Crippen molar-refractivity contribution < 1.29 is 14.9 Å². The molecule has 3 aliphatic rings. The number of benzene rings is 1. The lowest BCUT2D eigenvalue weighted by Gasteiger charge is -2.51. The van der Waals surface area contributed by atoms with Gasteiger partial charge in [-0.25, -0.2) is 0 Å². The standard InChI is InChI=1S/C25H34O3/c1-4-6-18(26)15-28-24-14-21-16(13-23(24)27)7-9-20-19(21)11-12-25(3)17(5-2)8-10-22(20)25/h1,13-14,17-20,22,26-27H,5-12,15H2,2-3H3/t17-,18?,19-,20+,22-,25+/m0/s1. The number of hydrogen-bond acceptors (Lipinski definition) is 3. The summed E-state index contributed by atoms with van der Waals surface area (Å²) in [6, 6.07) is 3.95. The van der Waals surface area contributed by atoms with Crippen LogP contribution >= 0.6 is 0 Å². The SMILES string of the molecule is C#CCC(O)COc1cc2c(cc1O)CC[C@@H]1[C@@H]2CC[C@]2(C)[C@@H](CC)CC[C@@H]12. The highest BCUT2D eigenvalue weighted by Gasteiger charge is 2.54. The molecule has 0 spiro atoms. The maximum absolute atomic E-state index is 10.4. The quantitative estimate of drug-likeness (QED) is 0.702. The molecule has 152 valence electrons. The van der Waals surface area contributed by atoms with Gasteiger partial charge in [-0.05, 0) is 90.9 Å². The van der Waals surface area contributed by atoms with Gasteiger partial charge in [-0.2, -0.15) is 0 Å². The maximum Gasteiger partial charge on any atom is 0.161 e. The zero-order valence-corrected chi connectivity index (χ0v) is 17.3. The fraction of sp³-hybridized carbons (Fsp3) is 0.680. The van der Waals surface area contributed by atoms with Gasteiger partial charge in [0.25, 0.3) is 0 Å². The van der Waals surface area contributed by atoms with E-state index >= 15 is 0 Å². The number of aromatic hydroxyl groups is 1. The molecule has 0 aromatic heterocycles. The van der Waals surface area contributed by atoms with Crippen LogP contribution in [0.25, 0.3) is 0 Å². The zero-order valence-electron chi connectivity index (χ0n) is 17.3. The zero-order chi connectivity index (χ0) is 19.9. The molecule has 3 nitrogen and oxygen atoms in total. The van der Waals surface area contributed by atoms with Crippen molar-refractivity contribution in [1.82, 2.24) is 0 Å². The topological polar surface area (TPSA) is 49.7 Å². The summed E-state index contributed by atoms with van der Waals surface area (Å²) in [4.78, 5) is 0. The third-order valence-corrected chi connectivity index (χ3v) is 8.28. The molecule has 4 rings (SSSR count). The van der Waals surface area contributed by atoms with Crippen molar-refractivity contribution in [3.63, 3.8) is 0 Å². The average Bonchev–Trinajstić information content (AvgIpc) is 3.02. The third-order valence-electron chi connectivity index (χ3n) is 8.28. The van der Waals surface area contributed by atoms with Crippen molar-refractivity contribution in [1.29, 1.82) is 0 Å². The van der Waals surface area contributed by atoms with Gasteiger partial charge in [0, 0.05) is 6.42 Å². The Morgan fingerprint density at radius 3 is 2.86 bits per heavy atom. The molecule has 0 amide bonds. The van der Waals surface area contributed by atoms with Gasteiger partial charge in [-0.3, -0.25) is 0 Å². The lowest BCUT2D eigenvalue weighted by Crippen LogP contribution is -2.42. The van der Waals surface area contributed by atoms with Crippen molar-refractivity contribution in [2.75, 3.05) is 6.61 Å². The van der Waals surface area contributed by atoms with Gasteiger partial charge in [0.1, 0.15) is 6.61 Å². The second-order valence-corrected chi connectivity index (χ2v) is 9.53. The third kappa shape index (κ3) is 3.20. The predicted molar refractivity (Wildman–Crippen MR) is 111 cm³/mol. The summed E-state index contributed by atoms with van der Waals surface area (Å²) >= 11 is 0. The summed E-state index contributed by atoms with van der Waals surface area (Å²) in [5.41, 5.74) is 3.17. The number of aliphatic hydroxyl groups excluding tert-OH is 1. The number of hydrogen-bond donors (Lipinski definition) is 2. The van der Waals surface area contributed by atoms with Gasteiger partial charge >= 0.3 is 0 Å². The molecule has 0 radical (unpaired) electrons. The Morgan fingerprint density at radius 2 is 2.11 bits per heavy atom. The van der Waals surface area contributed by atoms with Gasteiger partial charge in [-0.1, -0.05) is 20.3 Å². The number of terminal acetylenes is 1. The van der Waals surface area contributed by atoms with E-state index in [-0.39, 0.29) is 18.8 Å². The first kappa shape index (κ1) is 19.6. The summed E-state index contributed by atoms with van der Waals surface area (Å²) in [6.07, 6.45) is 13.7. The Balaban J connectivity index is 1.57. The highest BCUT2D eigenvalue weighted by molar-refractivity contribution is 5.49. The minimum absolute atomic E-state index is 0.115. The van der Waals surface area contributed by atoms with Crippen molar-refractivity contribution in [3.8, 4) is 23.8 Å². The Bertz CT molecular complexity index is 764. The second kappa shape index (κ2) is 7.64. The molecule has 0 aliphatic heterocycles.